The van der Waals surface area contributed by atoms with E-state index in [0.717, 1.165) is 30.8 Å². The molecular formula is C20H21N3O. The maximum absolute atomic E-state index is 12.4. The lowest BCUT2D eigenvalue weighted by atomic mass is 9.97. The molecule has 2 N–H and O–H groups in total. The molecule has 0 saturated carbocycles. The number of nitrogens with one attached hydrogen (secondary N) is 2. The van der Waals surface area contributed by atoms with Crippen LogP contribution in [0.4, 0.5) is 5.69 Å². The van der Waals surface area contributed by atoms with Crippen molar-refractivity contribution in [2.75, 3.05) is 18.4 Å². The molecule has 2 aromatic rings. The van der Waals surface area contributed by atoms with E-state index in [1.165, 1.54) is 5.56 Å². The molecule has 122 valence electrons. The molecule has 2 atom stereocenters. The summed E-state index contributed by atoms with van der Waals surface area (Å²) in [4.78, 5) is 12.4. The van der Waals surface area contributed by atoms with Gasteiger partial charge in [0.25, 0.3) is 0 Å². The first-order valence-corrected chi connectivity index (χ1v) is 8.29. The van der Waals surface area contributed by atoms with Crippen LogP contribution in [0.2, 0.25) is 0 Å². The molecule has 2 aromatic carbocycles. The van der Waals surface area contributed by atoms with Gasteiger partial charge in [0.05, 0.1) is 17.6 Å². The lowest BCUT2D eigenvalue weighted by Crippen LogP contribution is -2.19. The third-order valence-electron chi connectivity index (χ3n) is 4.62. The molecule has 4 heteroatoms. The van der Waals surface area contributed by atoms with Crippen molar-refractivity contribution < 1.29 is 4.79 Å². The van der Waals surface area contributed by atoms with Crippen molar-refractivity contribution in [3.8, 4) is 6.07 Å². The molecule has 0 bridgehead atoms. The van der Waals surface area contributed by atoms with Crippen LogP contribution in [0, 0.1) is 11.3 Å². The molecule has 1 aliphatic heterocycles. The van der Waals surface area contributed by atoms with Gasteiger partial charge < -0.3 is 10.6 Å². The highest BCUT2D eigenvalue weighted by atomic mass is 16.1. The van der Waals surface area contributed by atoms with Crippen LogP contribution in [-0.4, -0.2) is 19.0 Å². The van der Waals surface area contributed by atoms with E-state index in [2.05, 4.69) is 28.8 Å². The van der Waals surface area contributed by atoms with Crippen LogP contribution >= 0.6 is 0 Å². The Hall–Kier alpha value is -2.64. The minimum absolute atomic E-state index is 0.0691. The van der Waals surface area contributed by atoms with Crippen molar-refractivity contribution in [1.82, 2.24) is 5.32 Å². The van der Waals surface area contributed by atoms with Gasteiger partial charge in [-0.2, -0.15) is 5.26 Å². The fourth-order valence-corrected chi connectivity index (χ4v) is 3.06. The Kier molecular flexibility index (Phi) is 4.93. The van der Waals surface area contributed by atoms with Gasteiger partial charge in [-0.1, -0.05) is 24.3 Å². The van der Waals surface area contributed by atoms with Crippen LogP contribution in [0.25, 0.3) is 0 Å². The Morgan fingerprint density at radius 1 is 1.29 bits per heavy atom. The number of nitriles is 1. The summed E-state index contributed by atoms with van der Waals surface area (Å²) >= 11 is 0. The van der Waals surface area contributed by atoms with E-state index in [1.807, 2.05) is 31.2 Å². The lowest BCUT2D eigenvalue weighted by molar-refractivity contribution is -0.117. The van der Waals surface area contributed by atoms with E-state index in [9.17, 15) is 4.79 Å². The number of benzene rings is 2. The number of hydrogen-bond acceptors (Lipinski definition) is 3. The number of amides is 1. The third kappa shape index (κ3) is 3.64. The molecule has 3 rings (SSSR count). The van der Waals surface area contributed by atoms with Gasteiger partial charge in [0.2, 0.25) is 5.91 Å². The Labute approximate surface area is 142 Å². The quantitative estimate of drug-likeness (QED) is 0.908. The van der Waals surface area contributed by atoms with Crippen LogP contribution in [0.15, 0.2) is 48.5 Å². The molecule has 1 amide bonds. The van der Waals surface area contributed by atoms with E-state index in [1.54, 1.807) is 12.1 Å². The zero-order chi connectivity index (χ0) is 16.9. The zero-order valence-corrected chi connectivity index (χ0v) is 13.8. The summed E-state index contributed by atoms with van der Waals surface area (Å²) in [6, 6.07) is 17.4. The number of carbonyl (C=O) groups is 1. The van der Waals surface area contributed by atoms with Gasteiger partial charge in [0.1, 0.15) is 0 Å². The monoisotopic (exact) mass is 319 g/mol. The molecule has 0 radical (unpaired) electrons. The number of rotatable bonds is 4. The van der Waals surface area contributed by atoms with Crippen molar-refractivity contribution in [2.45, 2.75) is 25.2 Å². The maximum Gasteiger partial charge on any atom is 0.231 e. The van der Waals surface area contributed by atoms with Gasteiger partial charge in [-0.3, -0.25) is 4.79 Å². The summed E-state index contributed by atoms with van der Waals surface area (Å²) in [5.74, 6) is 0.194. The van der Waals surface area contributed by atoms with Crippen molar-refractivity contribution >= 4 is 11.6 Å². The van der Waals surface area contributed by atoms with Gasteiger partial charge in [-0.05, 0) is 61.2 Å². The lowest BCUT2D eigenvalue weighted by Gasteiger charge is -2.14. The maximum atomic E-state index is 12.4. The average molecular weight is 319 g/mol. The molecule has 0 aromatic heterocycles. The van der Waals surface area contributed by atoms with Gasteiger partial charge >= 0.3 is 0 Å². The highest BCUT2D eigenvalue weighted by molar-refractivity contribution is 5.95. The van der Waals surface area contributed by atoms with E-state index in [4.69, 9.17) is 5.26 Å². The average Bonchev–Trinajstić information content (AvgIpc) is 3.16. The van der Waals surface area contributed by atoms with Crippen LogP contribution < -0.4 is 10.6 Å². The minimum atomic E-state index is -0.308. The third-order valence-corrected chi connectivity index (χ3v) is 4.62. The van der Waals surface area contributed by atoms with Crippen LogP contribution in [0.5, 0.6) is 0 Å². The predicted octanol–water partition coefficient (Wildman–Crippen LogP) is 3.38. The summed E-state index contributed by atoms with van der Waals surface area (Å²) in [6.07, 6.45) is 1.16. The SMILES string of the molecule is C[C@H](C(=O)Nc1ccc(C2CCNC2)cc1)c1cccc(C#N)c1. The zero-order valence-electron chi connectivity index (χ0n) is 13.8. The first-order chi connectivity index (χ1) is 11.7. The minimum Gasteiger partial charge on any atom is -0.326 e. The molecule has 4 nitrogen and oxygen atoms in total. The summed E-state index contributed by atoms with van der Waals surface area (Å²) in [6.45, 7) is 3.95. The van der Waals surface area contributed by atoms with Gasteiger partial charge in [-0.25, -0.2) is 0 Å². The van der Waals surface area contributed by atoms with Crippen LogP contribution in [0.3, 0.4) is 0 Å². The fraction of sp³-hybridized carbons (Fsp3) is 0.300. The first kappa shape index (κ1) is 16.2. The number of nitrogens with zero attached hydrogens (tertiary/aromatic N) is 1. The highest BCUT2D eigenvalue weighted by Gasteiger charge is 2.18. The van der Waals surface area contributed by atoms with Gasteiger partial charge in [-0.15, -0.1) is 0 Å². The molecule has 0 aliphatic carbocycles. The molecule has 0 spiro atoms. The summed E-state index contributed by atoms with van der Waals surface area (Å²) in [7, 11) is 0. The van der Waals surface area contributed by atoms with Gasteiger partial charge in [0.15, 0.2) is 0 Å². The summed E-state index contributed by atoms with van der Waals surface area (Å²) in [5, 5.41) is 15.3. The standard InChI is InChI=1S/C20H21N3O/c1-14(17-4-2-3-15(11-17)12-21)20(24)23-19-7-5-16(6-8-19)18-9-10-22-13-18/h2-8,11,14,18,22H,9-10,13H2,1H3,(H,23,24)/t14-,18?/m0/s1. The van der Waals surface area contributed by atoms with Gasteiger partial charge in [0, 0.05) is 12.2 Å². The molecule has 1 aliphatic rings. The second-order valence-corrected chi connectivity index (χ2v) is 6.26. The molecule has 1 unspecified atom stereocenters. The summed E-state index contributed by atoms with van der Waals surface area (Å²) < 4.78 is 0. The largest absolute Gasteiger partial charge is 0.326 e. The van der Waals surface area contributed by atoms with E-state index >= 15 is 0 Å². The molecule has 24 heavy (non-hydrogen) atoms. The second-order valence-electron chi connectivity index (χ2n) is 6.26. The molecule has 1 heterocycles. The van der Waals surface area contributed by atoms with E-state index < -0.39 is 0 Å². The first-order valence-electron chi connectivity index (χ1n) is 8.29. The van der Waals surface area contributed by atoms with Crippen molar-refractivity contribution in [1.29, 1.82) is 5.26 Å². The number of carbonyl (C=O) groups excluding carboxylic acids is 1. The molecule has 1 saturated heterocycles. The van der Waals surface area contributed by atoms with Crippen molar-refractivity contribution in [2.24, 2.45) is 0 Å². The van der Waals surface area contributed by atoms with Crippen molar-refractivity contribution in [3.63, 3.8) is 0 Å². The molecular weight excluding hydrogens is 298 g/mol. The van der Waals surface area contributed by atoms with Crippen molar-refractivity contribution in [3.05, 3.63) is 65.2 Å². The van der Waals surface area contributed by atoms with E-state index in [0.29, 0.717) is 11.5 Å². The van der Waals surface area contributed by atoms with Crippen LogP contribution in [0.1, 0.15) is 41.9 Å². The predicted molar refractivity (Wildman–Crippen MR) is 94.9 cm³/mol. The Morgan fingerprint density at radius 3 is 2.75 bits per heavy atom. The highest BCUT2D eigenvalue weighted by Crippen LogP contribution is 2.24. The Bertz CT molecular complexity index is 755. The topological polar surface area (TPSA) is 64.9 Å². The van der Waals surface area contributed by atoms with E-state index in [-0.39, 0.29) is 11.8 Å². The molecule has 1 fully saturated rings. The van der Waals surface area contributed by atoms with Crippen LogP contribution in [-0.2, 0) is 4.79 Å². The normalized spacial score (nSPS) is 17.9. The fourth-order valence-electron chi connectivity index (χ4n) is 3.06. The smallest absolute Gasteiger partial charge is 0.231 e. The number of hydrogen-bond donors (Lipinski definition) is 2. The Morgan fingerprint density at radius 2 is 2.08 bits per heavy atom. The second kappa shape index (κ2) is 7.29. The Balaban J connectivity index is 1.66. The number of anilines is 1. The summed E-state index contributed by atoms with van der Waals surface area (Å²) in [5.41, 5.74) is 3.53.